The summed E-state index contributed by atoms with van der Waals surface area (Å²) in [4.78, 5) is 17.0. The Hall–Kier alpha value is -2.98. The van der Waals surface area contributed by atoms with E-state index in [9.17, 15) is 10.1 Å². The number of aromatic nitrogens is 3. The lowest BCUT2D eigenvalue weighted by atomic mass is 10.0. The molecule has 2 heterocycles. The molecule has 3 aromatic rings. The maximum atomic E-state index is 12.5. The van der Waals surface area contributed by atoms with Crippen LogP contribution in [0.25, 0.3) is 11.3 Å². The van der Waals surface area contributed by atoms with Gasteiger partial charge in [-0.05, 0) is 24.3 Å². The van der Waals surface area contributed by atoms with E-state index < -0.39 is 5.92 Å². The molecule has 6 nitrogen and oxygen atoms in total. The van der Waals surface area contributed by atoms with Crippen molar-refractivity contribution in [3.05, 3.63) is 52.6 Å². The molecule has 2 aromatic heterocycles. The smallest absolute Gasteiger partial charge is 0.190 e. The van der Waals surface area contributed by atoms with Crippen LogP contribution in [0.4, 0.5) is 0 Å². The molecule has 0 saturated heterocycles. The number of ketones is 1. The predicted octanol–water partition coefficient (Wildman–Crippen LogP) is 3.04. The number of Topliss-reactive ketones (excluding diaryl/α,β-unsaturated/α-hetero) is 1. The van der Waals surface area contributed by atoms with Gasteiger partial charge in [0, 0.05) is 24.2 Å². The molecule has 120 valence electrons. The third-order valence-corrected chi connectivity index (χ3v) is 4.44. The van der Waals surface area contributed by atoms with Crippen molar-refractivity contribution in [1.82, 2.24) is 14.8 Å². The molecule has 7 heteroatoms. The van der Waals surface area contributed by atoms with Crippen molar-refractivity contribution in [3.8, 4) is 23.1 Å². The molecule has 0 fully saturated rings. The van der Waals surface area contributed by atoms with Crippen LogP contribution in [0.1, 0.15) is 21.3 Å². The van der Waals surface area contributed by atoms with E-state index >= 15 is 0 Å². The fraction of sp³-hybridized carbons (Fsp3) is 0.176. The van der Waals surface area contributed by atoms with Crippen molar-refractivity contribution in [1.29, 1.82) is 5.26 Å². The van der Waals surface area contributed by atoms with Gasteiger partial charge >= 0.3 is 0 Å². The van der Waals surface area contributed by atoms with Crippen LogP contribution in [0.3, 0.4) is 0 Å². The highest BCUT2D eigenvalue weighted by molar-refractivity contribution is 7.10. The molecule has 0 radical (unpaired) electrons. The second-order valence-electron chi connectivity index (χ2n) is 5.13. The third-order valence-electron chi connectivity index (χ3n) is 3.54. The average molecular weight is 338 g/mol. The summed E-state index contributed by atoms with van der Waals surface area (Å²) in [6, 6.07) is 9.52. The molecule has 24 heavy (non-hydrogen) atoms. The highest BCUT2D eigenvalue weighted by Crippen LogP contribution is 2.29. The first-order chi connectivity index (χ1) is 11.6. The average Bonchev–Trinajstić information content (AvgIpc) is 3.25. The minimum atomic E-state index is -0.925. The molecule has 1 aromatic carbocycles. The summed E-state index contributed by atoms with van der Waals surface area (Å²) in [7, 11) is 3.33. The van der Waals surface area contributed by atoms with Crippen LogP contribution in [0.2, 0.25) is 0 Å². The zero-order chi connectivity index (χ0) is 17.1. The topological polar surface area (TPSA) is 80.8 Å². The lowest BCUT2D eigenvalue weighted by molar-refractivity contribution is 0.0978. The standard InChI is InChI=1S/C17H14N4O2S/c1-21-9-12(8-19-21)16(22)14(7-18)17-20-15(10-24-17)11-3-5-13(23-2)6-4-11/h3-6,8-10,14H,1-2H3. The first-order valence-corrected chi connectivity index (χ1v) is 8.02. The van der Waals surface area contributed by atoms with Gasteiger partial charge in [-0.2, -0.15) is 10.4 Å². The largest absolute Gasteiger partial charge is 0.497 e. The third kappa shape index (κ3) is 3.05. The molecule has 0 aliphatic rings. The number of hydrogen-bond acceptors (Lipinski definition) is 6. The van der Waals surface area contributed by atoms with Crippen molar-refractivity contribution in [3.63, 3.8) is 0 Å². The Bertz CT molecular complexity index is 905. The Morgan fingerprint density at radius 3 is 2.71 bits per heavy atom. The van der Waals surface area contributed by atoms with E-state index in [1.165, 1.54) is 22.2 Å². The van der Waals surface area contributed by atoms with Crippen LogP contribution >= 0.6 is 11.3 Å². The number of benzene rings is 1. The summed E-state index contributed by atoms with van der Waals surface area (Å²) in [5, 5.41) is 15.7. The summed E-state index contributed by atoms with van der Waals surface area (Å²) in [5.74, 6) is -0.455. The summed E-state index contributed by atoms with van der Waals surface area (Å²) in [6.07, 6.45) is 3.06. The SMILES string of the molecule is COc1ccc(-c2csc(C(C#N)C(=O)c3cnn(C)c3)n2)cc1. The van der Waals surface area contributed by atoms with Gasteiger partial charge in [-0.15, -0.1) is 11.3 Å². The van der Waals surface area contributed by atoms with Crippen LogP contribution in [-0.4, -0.2) is 27.7 Å². The second-order valence-corrected chi connectivity index (χ2v) is 6.02. The van der Waals surface area contributed by atoms with E-state index in [1.54, 1.807) is 20.4 Å². The molecular weight excluding hydrogens is 324 g/mol. The number of nitrogens with zero attached hydrogens (tertiary/aromatic N) is 4. The van der Waals surface area contributed by atoms with Gasteiger partial charge < -0.3 is 4.74 Å². The van der Waals surface area contributed by atoms with Crippen LogP contribution in [0, 0.1) is 11.3 Å². The maximum Gasteiger partial charge on any atom is 0.190 e. The zero-order valence-corrected chi connectivity index (χ0v) is 13.9. The van der Waals surface area contributed by atoms with E-state index in [2.05, 4.69) is 16.2 Å². The number of nitriles is 1. The van der Waals surface area contributed by atoms with Crippen LogP contribution in [-0.2, 0) is 7.05 Å². The number of carbonyl (C=O) groups excluding carboxylic acids is 1. The molecule has 0 bridgehead atoms. The number of methoxy groups -OCH3 is 1. The van der Waals surface area contributed by atoms with E-state index in [-0.39, 0.29) is 5.78 Å². The number of rotatable bonds is 5. The van der Waals surface area contributed by atoms with Crippen LogP contribution < -0.4 is 4.74 Å². The number of aryl methyl sites for hydroxylation is 1. The Morgan fingerprint density at radius 1 is 1.38 bits per heavy atom. The molecule has 0 amide bonds. The summed E-state index contributed by atoms with van der Waals surface area (Å²) < 4.78 is 6.67. The van der Waals surface area contributed by atoms with Gasteiger partial charge in [-0.1, -0.05) is 0 Å². The summed E-state index contributed by atoms with van der Waals surface area (Å²) in [6.45, 7) is 0. The molecule has 3 rings (SSSR count). The number of carbonyl (C=O) groups is 1. The quantitative estimate of drug-likeness (QED) is 0.668. The Morgan fingerprint density at radius 2 is 2.12 bits per heavy atom. The van der Waals surface area contributed by atoms with Crippen molar-refractivity contribution in [2.75, 3.05) is 7.11 Å². The van der Waals surface area contributed by atoms with Gasteiger partial charge in [-0.25, -0.2) is 4.98 Å². The Kier molecular flexibility index (Phi) is 4.40. The normalized spacial score (nSPS) is 11.7. The second kappa shape index (κ2) is 6.64. The lowest BCUT2D eigenvalue weighted by Crippen LogP contribution is -2.10. The number of thiazole rings is 1. The Balaban J connectivity index is 1.87. The summed E-state index contributed by atoms with van der Waals surface area (Å²) >= 11 is 1.30. The molecular formula is C17H14N4O2S. The first-order valence-electron chi connectivity index (χ1n) is 7.14. The van der Waals surface area contributed by atoms with E-state index in [0.717, 1.165) is 17.0 Å². The zero-order valence-electron chi connectivity index (χ0n) is 13.1. The number of hydrogen-bond donors (Lipinski definition) is 0. The van der Waals surface area contributed by atoms with Gasteiger partial charge in [0.05, 0.1) is 30.6 Å². The highest BCUT2D eigenvalue weighted by Gasteiger charge is 2.26. The molecule has 0 aliphatic heterocycles. The van der Waals surface area contributed by atoms with Crippen LogP contribution in [0.5, 0.6) is 5.75 Å². The fourth-order valence-electron chi connectivity index (χ4n) is 2.26. The monoisotopic (exact) mass is 338 g/mol. The molecule has 1 unspecified atom stereocenters. The van der Waals surface area contributed by atoms with Crippen LogP contribution in [0.15, 0.2) is 42.0 Å². The van der Waals surface area contributed by atoms with Gasteiger partial charge in [0.1, 0.15) is 10.8 Å². The van der Waals surface area contributed by atoms with Crippen molar-refractivity contribution in [2.45, 2.75) is 5.92 Å². The minimum Gasteiger partial charge on any atom is -0.497 e. The van der Waals surface area contributed by atoms with E-state index in [0.29, 0.717) is 10.6 Å². The lowest BCUT2D eigenvalue weighted by Gasteiger charge is -2.03. The Labute approximate surface area is 143 Å². The molecule has 0 spiro atoms. The predicted molar refractivity (Wildman–Crippen MR) is 90.0 cm³/mol. The molecule has 0 N–H and O–H groups in total. The minimum absolute atomic E-state index is 0.291. The van der Waals surface area contributed by atoms with E-state index in [4.69, 9.17) is 4.74 Å². The van der Waals surface area contributed by atoms with Gasteiger partial charge in [-0.3, -0.25) is 9.48 Å². The highest BCUT2D eigenvalue weighted by atomic mass is 32.1. The number of ether oxygens (including phenoxy) is 1. The van der Waals surface area contributed by atoms with Gasteiger partial charge in [0.25, 0.3) is 0 Å². The van der Waals surface area contributed by atoms with Crippen molar-refractivity contribution >= 4 is 17.1 Å². The fourth-order valence-corrected chi connectivity index (χ4v) is 3.12. The van der Waals surface area contributed by atoms with Gasteiger partial charge in [0.2, 0.25) is 0 Å². The van der Waals surface area contributed by atoms with Crippen molar-refractivity contribution in [2.24, 2.45) is 7.05 Å². The first kappa shape index (κ1) is 15.9. The molecule has 0 saturated carbocycles. The van der Waals surface area contributed by atoms with Gasteiger partial charge in [0.15, 0.2) is 11.7 Å². The maximum absolute atomic E-state index is 12.5. The molecule has 0 aliphatic carbocycles. The van der Waals surface area contributed by atoms with Crippen molar-refractivity contribution < 1.29 is 9.53 Å². The molecule has 1 atom stereocenters. The van der Waals surface area contributed by atoms with E-state index in [1.807, 2.05) is 29.6 Å². The summed E-state index contributed by atoms with van der Waals surface area (Å²) in [5.41, 5.74) is 2.05.